The number of anilines is 3. The molecule has 0 unspecified atom stereocenters. The number of aromatic nitrogens is 2. The minimum Gasteiger partial charge on any atom is -0.495 e. The smallest absolute Gasteiger partial charge is 0.225 e. The molecule has 7 heteroatoms. The summed E-state index contributed by atoms with van der Waals surface area (Å²) in [7, 11) is 1.57. The van der Waals surface area contributed by atoms with Crippen molar-refractivity contribution in [3.8, 4) is 5.75 Å². The van der Waals surface area contributed by atoms with E-state index in [2.05, 4.69) is 20.8 Å². The van der Waals surface area contributed by atoms with E-state index < -0.39 is 0 Å². The Morgan fingerprint density at radius 3 is 2.55 bits per heavy atom. The molecule has 2 rings (SSSR count). The van der Waals surface area contributed by atoms with E-state index in [-0.39, 0.29) is 5.91 Å². The molecule has 1 aromatic heterocycles. The number of hydrogen-bond donors (Lipinski definition) is 2. The van der Waals surface area contributed by atoms with Crippen molar-refractivity contribution in [2.45, 2.75) is 20.3 Å². The third-order valence-corrected chi connectivity index (χ3v) is 3.40. The fourth-order valence-corrected chi connectivity index (χ4v) is 1.92. The molecule has 116 valence electrons. The van der Waals surface area contributed by atoms with Gasteiger partial charge in [0.1, 0.15) is 5.75 Å². The summed E-state index contributed by atoms with van der Waals surface area (Å²) in [6, 6.07) is 7.01. The first-order valence-electron chi connectivity index (χ1n) is 6.78. The molecule has 22 heavy (non-hydrogen) atoms. The first kappa shape index (κ1) is 16.0. The van der Waals surface area contributed by atoms with E-state index in [4.69, 9.17) is 16.3 Å². The number of ether oxygens (including phenoxy) is 1. The van der Waals surface area contributed by atoms with Crippen molar-refractivity contribution in [1.82, 2.24) is 10.2 Å². The Balaban J connectivity index is 2.17. The van der Waals surface area contributed by atoms with Crippen molar-refractivity contribution in [1.29, 1.82) is 0 Å². The number of carbonyl (C=O) groups excluding carboxylic acids is 1. The van der Waals surface area contributed by atoms with E-state index in [1.165, 1.54) is 0 Å². The molecule has 6 nitrogen and oxygen atoms in total. The molecule has 0 saturated heterocycles. The van der Waals surface area contributed by atoms with Gasteiger partial charge in [-0.25, -0.2) is 0 Å². The summed E-state index contributed by atoms with van der Waals surface area (Å²) >= 11 is 6.07. The maximum absolute atomic E-state index is 11.3. The van der Waals surface area contributed by atoms with Gasteiger partial charge >= 0.3 is 0 Å². The second kappa shape index (κ2) is 7.09. The highest BCUT2D eigenvalue weighted by atomic mass is 35.5. The van der Waals surface area contributed by atoms with E-state index >= 15 is 0 Å². The molecular weight excluding hydrogens is 304 g/mol. The molecule has 0 bridgehead atoms. The van der Waals surface area contributed by atoms with Crippen LogP contribution in [0.25, 0.3) is 0 Å². The molecule has 0 aliphatic carbocycles. The van der Waals surface area contributed by atoms with Crippen LogP contribution in [0.2, 0.25) is 5.02 Å². The zero-order valence-electron chi connectivity index (χ0n) is 12.6. The number of methoxy groups -OCH3 is 1. The lowest BCUT2D eigenvalue weighted by Crippen LogP contribution is -2.11. The number of rotatable bonds is 5. The van der Waals surface area contributed by atoms with E-state index in [0.717, 1.165) is 11.3 Å². The monoisotopic (exact) mass is 320 g/mol. The third-order valence-electron chi connectivity index (χ3n) is 3.00. The Bertz CT molecular complexity index is 674. The molecule has 1 amide bonds. The van der Waals surface area contributed by atoms with Gasteiger partial charge in [-0.3, -0.25) is 4.79 Å². The van der Waals surface area contributed by atoms with Crippen molar-refractivity contribution in [3.63, 3.8) is 0 Å². The summed E-state index contributed by atoms with van der Waals surface area (Å²) < 4.78 is 5.29. The van der Waals surface area contributed by atoms with Crippen LogP contribution >= 0.6 is 11.6 Å². The van der Waals surface area contributed by atoms with Crippen LogP contribution in [0.4, 0.5) is 17.3 Å². The van der Waals surface area contributed by atoms with Gasteiger partial charge in [-0.1, -0.05) is 18.5 Å². The van der Waals surface area contributed by atoms with Crippen molar-refractivity contribution < 1.29 is 9.53 Å². The summed E-state index contributed by atoms with van der Waals surface area (Å²) in [5.74, 6) is 1.46. The highest BCUT2D eigenvalue weighted by Crippen LogP contribution is 2.32. The summed E-state index contributed by atoms with van der Waals surface area (Å²) in [6.45, 7) is 3.68. The lowest BCUT2D eigenvalue weighted by molar-refractivity contribution is -0.115. The standard InChI is InChI=1S/C15H17ClN4O2/c1-4-15(21)18-14-6-5-13(19-20-14)17-11-7-9(2)10(16)8-12(11)22-3/h5-8H,4H2,1-3H3,(H,17,19)(H,18,20,21). The van der Waals surface area contributed by atoms with Gasteiger partial charge in [0.05, 0.1) is 12.8 Å². The number of nitrogens with one attached hydrogen (secondary N) is 2. The summed E-state index contributed by atoms with van der Waals surface area (Å²) in [5.41, 5.74) is 1.66. The lowest BCUT2D eigenvalue weighted by Gasteiger charge is -2.12. The van der Waals surface area contributed by atoms with Gasteiger partial charge in [-0.2, -0.15) is 0 Å². The predicted molar refractivity (Wildman–Crippen MR) is 87.0 cm³/mol. The zero-order chi connectivity index (χ0) is 16.1. The fourth-order valence-electron chi connectivity index (χ4n) is 1.76. The maximum Gasteiger partial charge on any atom is 0.225 e. The molecule has 1 aromatic carbocycles. The van der Waals surface area contributed by atoms with Crippen LogP contribution in [0.3, 0.4) is 0 Å². The minimum atomic E-state index is -0.106. The first-order chi connectivity index (χ1) is 10.5. The van der Waals surface area contributed by atoms with Crippen LogP contribution in [-0.4, -0.2) is 23.2 Å². The molecule has 0 aliphatic heterocycles. The molecule has 0 atom stereocenters. The molecule has 2 aromatic rings. The van der Waals surface area contributed by atoms with Gasteiger partial charge in [0.2, 0.25) is 5.91 Å². The van der Waals surface area contributed by atoms with Crippen LogP contribution in [-0.2, 0) is 4.79 Å². The molecular formula is C15H17ClN4O2. The molecule has 0 radical (unpaired) electrons. The number of amides is 1. The van der Waals surface area contributed by atoms with Gasteiger partial charge in [0.15, 0.2) is 11.6 Å². The van der Waals surface area contributed by atoms with Crippen molar-refractivity contribution in [2.24, 2.45) is 0 Å². The van der Waals surface area contributed by atoms with Crippen LogP contribution in [0, 0.1) is 6.92 Å². The number of benzene rings is 1. The van der Waals surface area contributed by atoms with Crippen LogP contribution in [0.1, 0.15) is 18.9 Å². The summed E-state index contributed by atoms with van der Waals surface area (Å²) in [6.07, 6.45) is 0.392. The Labute approximate surface area is 133 Å². The minimum absolute atomic E-state index is 0.106. The quantitative estimate of drug-likeness (QED) is 0.881. The Hall–Kier alpha value is -2.34. The molecule has 0 aliphatic rings. The highest BCUT2D eigenvalue weighted by molar-refractivity contribution is 6.31. The highest BCUT2D eigenvalue weighted by Gasteiger charge is 2.08. The third kappa shape index (κ3) is 3.85. The zero-order valence-corrected chi connectivity index (χ0v) is 13.4. The van der Waals surface area contributed by atoms with Crippen LogP contribution in [0.15, 0.2) is 24.3 Å². The fraction of sp³-hybridized carbons (Fsp3) is 0.267. The van der Waals surface area contributed by atoms with E-state index in [9.17, 15) is 4.79 Å². The summed E-state index contributed by atoms with van der Waals surface area (Å²) in [5, 5.41) is 14.4. The molecule has 1 heterocycles. The van der Waals surface area contributed by atoms with Gasteiger partial charge in [0, 0.05) is 17.5 Å². The Kier molecular flexibility index (Phi) is 5.16. The van der Waals surface area contributed by atoms with E-state index in [1.54, 1.807) is 32.2 Å². The second-order valence-corrected chi connectivity index (χ2v) is 5.04. The van der Waals surface area contributed by atoms with Crippen molar-refractivity contribution in [2.75, 3.05) is 17.7 Å². The lowest BCUT2D eigenvalue weighted by atomic mass is 10.2. The molecule has 0 fully saturated rings. The number of nitrogens with zero attached hydrogens (tertiary/aromatic N) is 2. The van der Waals surface area contributed by atoms with E-state index in [1.807, 2.05) is 13.0 Å². The van der Waals surface area contributed by atoms with Crippen molar-refractivity contribution in [3.05, 3.63) is 34.9 Å². The topological polar surface area (TPSA) is 76.1 Å². The first-order valence-corrected chi connectivity index (χ1v) is 7.16. The van der Waals surface area contributed by atoms with Gasteiger partial charge < -0.3 is 15.4 Å². The van der Waals surface area contributed by atoms with Gasteiger partial charge in [-0.05, 0) is 30.7 Å². The molecule has 2 N–H and O–H groups in total. The average molecular weight is 321 g/mol. The Morgan fingerprint density at radius 1 is 1.27 bits per heavy atom. The van der Waals surface area contributed by atoms with Crippen LogP contribution in [0.5, 0.6) is 5.75 Å². The average Bonchev–Trinajstić information content (AvgIpc) is 2.52. The number of hydrogen-bond acceptors (Lipinski definition) is 5. The maximum atomic E-state index is 11.3. The number of carbonyl (C=O) groups is 1. The molecule has 0 spiro atoms. The van der Waals surface area contributed by atoms with Gasteiger partial charge in [-0.15, -0.1) is 10.2 Å². The second-order valence-electron chi connectivity index (χ2n) is 4.63. The predicted octanol–water partition coefficient (Wildman–Crippen LogP) is 3.54. The SMILES string of the molecule is CCC(=O)Nc1ccc(Nc2cc(C)c(Cl)cc2OC)nn1. The normalized spacial score (nSPS) is 10.2. The summed E-state index contributed by atoms with van der Waals surface area (Å²) in [4.78, 5) is 11.3. The Morgan fingerprint density at radius 2 is 1.95 bits per heavy atom. The van der Waals surface area contributed by atoms with Crippen LogP contribution < -0.4 is 15.4 Å². The number of halogens is 1. The van der Waals surface area contributed by atoms with Crippen molar-refractivity contribution >= 4 is 34.8 Å². The number of aryl methyl sites for hydroxylation is 1. The van der Waals surface area contributed by atoms with Gasteiger partial charge in [0.25, 0.3) is 0 Å². The largest absolute Gasteiger partial charge is 0.495 e. The molecule has 0 saturated carbocycles. The van der Waals surface area contributed by atoms with E-state index in [0.29, 0.717) is 28.8 Å².